The van der Waals surface area contributed by atoms with Gasteiger partial charge in [-0.15, -0.1) is 0 Å². The fraction of sp³-hybridized carbons (Fsp3) is 0.938. The van der Waals surface area contributed by atoms with Crippen molar-refractivity contribution < 1.29 is 4.79 Å². The Labute approximate surface area is 123 Å². The van der Waals surface area contributed by atoms with Gasteiger partial charge in [0.15, 0.2) is 0 Å². The van der Waals surface area contributed by atoms with Crippen molar-refractivity contribution in [3.8, 4) is 0 Å². The number of rotatable bonds is 3. The fourth-order valence-electron chi connectivity index (χ4n) is 3.45. The van der Waals surface area contributed by atoms with E-state index in [1.165, 1.54) is 19.3 Å². The number of amides is 1. The maximum absolute atomic E-state index is 12.6. The van der Waals surface area contributed by atoms with E-state index in [1.54, 1.807) is 0 Å². The maximum atomic E-state index is 12.6. The van der Waals surface area contributed by atoms with Crippen molar-refractivity contribution in [2.24, 2.45) is 0 Å². The number of likely N-dealkylation sites (N-methyl/N-ethyl adjacent to an activating group) is 1. The molecular weight excluding hydrogens is 250 g/mol. The van der Waals surface area contributed by atoms with E-state index in [0.717, 1.165) is 38.9 Å². The second-order valence-electron chi connectivity index (χ2n) is 6.67. The monoisotopic (exact) mass is 281 g/mol. The number of nitrogens with zero attached hydrogens (tertiary/aromatic N) is 2. The van der Waals surface area contributed by atoms with Gasteiger partial charge in [0.25, 0.3) is 0 Å². The Morgan fingerprint density at radius 1 is 1.15 bits per heavy atom. The van der Waals surface area contributed by atoms with Gasteiger partial charge in [-0.3, -0.25) is 4.79 Å². The minimum atomic E-state index is 0.0608. The van der Waals surface area contributed by atoms with Gasteiger partial charge in [-0.1, -0.05) is 12.8 Å². The average molecular weight is 281 g/mol. The third kappa shape index (κ3) is 3.95. The number of carbonyl (C=O) groups is 1. The summed E-state index contributed by atoms with van der Waals surface area (Å²) in [5.74, 6) is 0.315. The van der Waals surface area contributed by atoms with Gasteiger partial charge in [0.05, 0.1) is 6.04 Å². The van der Waals surface area contributed by atoms with E-state index in [-0.39, 0.29) is 6.04 Å². The van der Waals surface area contributed by atoms with Crippen molar-refractivity contribution in [1.29, 1.82) is 0 Å². The second-order valence-corrected chi connectivity index (χ2v) is 6.67. The zero-order chi connectivity index (χ0) is 14.5. The van der Waals surface area contributed by atoms with Crippen molar-refractivity contribution in [3.63, 3.8) is 0 Å². The van der Waals surface area contributed by atoms with Crippen LogP contribution in [0.1, 0.15) is 52.4 Å². The lowest BCUT2D eigenvalue weighted by Gasteiger charge is -2.39. The van der Waals surface area contributed by atoms with Gasteiger partial charge in [-0.25, -0.2) is 0 Å². The van der Waals surface area contributed by atoms with Crippen molar-refractivity contribution in [1.82, 2.24) is 15.1 Å². The first-order chi connectivity index (χ1) is 9.59. The second kappa shape index (κ2) is 7.41. The summed E-state index contributed by atoms with van der Waals surface area (Å²) in [5.41, 5.74) is 0. The lowest BCUT2D eigenvalue weighted by molar-refractivity contribution is -0.135. The van der Waals surface area contributed by atoms with Crippen LogP contribution in [-0.4, -0.2) is 60.5 Å². The summed E-state index contributed by atoms with van der Waals surface area (Å²) in [5, 5.41) is 3.43. The first kappa shape index (κ1) is 15.8. The lowest BCUT2D eigenvalue weighted by atomic mass is 10.0. The van der Waals surface area contributed by atoms with Crippen LogP contribution in [0.5, 0.6) is 0 Å². The number of carbonyl (C=O) groups excluding carboxylic acids is 1. The summed E-state index contributed by atoms with van der Waals surface area (Å²) in [6.45, 7) is 7.75. The number of hydrogen-bond acceptors (Lipinski definition) is 3. The molecule has 0 aromatic heterocycles. The molecule has 1 N–H and O–H groups in total. The summed E-state index contributed by atoms with van der Waals surface area (Å²) in [7, 11) is 2.00. The summed E-state index contributed by atoms with van der Waals surface area (Å²) in [4.78, 5) is 17.2. The van der Waals surface area contributed by atoms with Crippen LogP contribution in [0.3, 0.4) is 0 Å². The third-order valence-corrected chi connectivity index (χ3v) is 4.98. The molecule has 1 unspecified atom stereocenters. The van der Waals surface area contributed by atoms with Crippen LogP contribution in [0.2, 0.25) is 0 Å². The highest BCUT2D eigenvalue weighted by Crippen LogP contribution is 2.19. The molecule has 2 rings (SSSR count). The van der Waals surface area contributed by atoms with E-state index in [2.05, 4.69) is 24.1 Å². The molecule has 0 aliphatic carbocycles. The molecule has 20 heavy (non-hydrogen) atoms. The van der Waals surface area contributed by atoms with Crippen molar-refractivity contribution in [2.75, 3.05) is 26.7 Å². The normalized spacial score (nSPS) is 26.5. The van der Waals surface area contributed by atoms with Gasteiger partial charge in [0, 0.05) is 32.2 Å². The molecule has 1 amide bonds. The zero-order valence-electron chi connectivity index (χ0n) is 13.4. The maximum Gasteiger partial charge on any atom is 0.239 e. The van der Waals surface area contributed by atoms with E-state index >= 15 is 0 Å². The molecule has 0 aromatic carbocycles. The van der Waals surface area contributed by atoms with Crippen molar-refractivity contribution in [3.05, 3.63) is 0 Å². The largest absolute Gasteiger partial charge is 0.341 e. The number of piperidine rings is 1. The van der Waals surface area contributed by atoms with Crippen molar-refractivity contribution >= 4 is 5.91 Å². The molecule has 0 saturated carbocycles. The van der Waals surface area contributed by atoms with Crippen LogP contribution in [0.4, 0.5) is 0 Å². The molecule has 0 spiro atoms. The fourth-order valence-corrected chi connectivity index (χ4v) is 3.45. The van der Waals surface area contributed by atoms with E-state index in [4.69, 9.17) is 0 Å². The molecule has 4 heteroatoms. The molecule has 4 nitrogen and oxygen atoms in total. The van der Waals surface area contributed by atoms with Gasteiger partial charge in [-0.05, 0) is 46.1 Å². The van der Waals surface area contributed by atoms with Crippen LogP contribution >= 0.6 is 0 Å². The minimum absolute atomic E-state index is 0.0608. The predicted molar refractivity (Wildman–Crippen MR) is 82.8 cm³/mol. The van der Waals surface area contributed by atoms with E-state index in [1.807, 2.05) is 11.9 Å². The van der Waals surface area contributed by atoms with Crippen LogP contribution < -0.4 is 5.32 Å². The Bertz CT molecular complexity index is 303. The SMILES string of the molecule is CC(C)N1CCC(N(C)C(=O)C2CCCCCN2)CC1. The molecule has 2 heterocycles. The summed E-state index contributed by atoms with van der Waals surface area (Å²) >= 11 is 0. The van der Waals surface area contributed by atoms with Crippen LogP contribution in [0.25, 0.3) is 0 Å². The summed E-state index contributed by atoms with van der Waals surface area (Å²) < 4.78 is 0. The Morgan fingerprint density at radius 2 is 1.85 bits per heavy atom. The standard InChI is InChI=1S/C16H31N3O/c1-13(2)19-11-8-14(9-12-19)18(3)16(20)15-7-5-4-6-10-17-15/h13-15,17H,4-12H2,1-3H3. The predicted octanol–water partition coefficient (Wildman–Crippen LogP) is 1.85. The van der Waals surface area contributed by atoms with Gasteiger partial charge >= 0.3 is 0 Å². The minimum Gasteiger partial charge on any atom is -0.341 e. The third-order valence-electron chi connectivity index (χ3n) is 4.98. The van der Waals surface area contributed by atoms with Gasteiger partial charge in [0.2, 0.25) is 5.91 Å². The highest BCUT2D eigenvalue weighted by Gasteiger charge is 2.30. The highest BCUT2D eigenvalue weighted by molar-refractivity contribution is 5.82. The van der Waals surface area contributed by atoms with Crippen LogP contribution in [0, 0.1) is 0 Å². The van der Waals surface area contributed by atoms with Crippen molar-refractivity contribution in [2.45, 2.75) is 70.5 Å². The molecule has 2 aliphatic heterocycles. The summed E-state index contributed by atoms with van der Waals surface area (Å²) in [6, 6.07) is 1.12. The molecule has 0 aromatic rings. The average Bonchev–Trinajstić information content (AvgIpc) is 2.75. The molecule has 2 aliphatic rings. The van der Waals surface area contributed by atoms with E-state index in [0.29, 0.717) is 18.0 Å². The topological polar surface area (TPSA) is 35.6 Å². The van der Waals surface area contributed by atoms with Gasteiger partial charge in [-0.2, -0.15) is 0 Å². The molecular formula is C16H31N3O. The summed E-state index contributed by atoms with van der Waals surface area (Å²) in [6.07, 6.45) is 6.89. The zero-order valence-corrected chi connectivity index (χ0v) is 13.4. The molecule has 2 fully saturated rings. The van der Waals surface area contributed by atoms with Gasteiger partial charge < -0.3 is 15.1 Å². The molecule has 2 saturated heterocycles. The first-order valence-electron chi connectivity index (χ1n) is 8.33. The molecule has 0 radical (unpaired) electrons. The Morgan fingerprint density at radius 3 is 2.50 bits per heavy atom. The number of nitrogens with one attached hydrogen (secondary N) is 1. The number of hydrogen-bond donors (Lipinski definition) is 1. The van der Waals surface area contributed by atoms with E-state index < -0.39 is 0 Å². The molecule has 0 bridgehead atoms. The Hall–Kier alpha value is -0.610. The van der Waals surface area contributed by atoms with Gasteiger partial charge in [0.1, 0.15) is 0 Å². The quantitative estimate of drug-likeness (QED) is 0.857. The smallest absolute Gasteiger partial charge is 0.239 e. The van der Waals surface area contributed by atoms with E-state index in [9.17, 15) is 4.79 Å². The highest BCUT2D eigenvalue weighted by atomic mass is 16.2. The first-order valence-corrected chi connectivity index (χ1v) is 8.33. The molecule has 116 valence electrons. The van der Waals surface area contributed by atoms with Crippen LogP contribution in [-0.2, 0) is 4.79 Å². The Kier molecular flexibility index (Phi) is 5.85. The molecule has 1 atom stereocenters. The Balaban J connectivity index is 1.84. The number of likely N-dealkylation sites (tertiary alicyclic amines) is 1. The lowest BCUT2D eigenvalue weighted by Crippen LogP contribution is -2.52. The van der Waals surface area contributed by atoms with Crippen LogP contribution in [0.15, 0.2) is 0 Å².